The molecule has 0 unspecified atom stereocenters. The second-order valence-corrected chi connectivity index (χ2v) is 18.4. The maximum atomic E-state index is 2.47. The van der Waals surface area contributed by atoms with Crippen molar-refractivity contribution in [3.8, 4) is 44.5 Å². The average Bonchev–Trinajstić information content (AvgIpc) is 3.80. The van der Waals surface area contributed by atoms with Crippen LogP contribution >= 0.6 is 11.3 Å². The number of hydrogen-bond acceptors (Lipinski definition) is 1. The van der Waals surface area contributed by atoms with E-state index < -0.39 is 0 Å². The summed E-state index contributed by atoms with van der Waals surface area (Å²) in [4.78, 5) is 0. The third-order valence-electron chi connectivity index (χ3n) is 13.1. The molecule has 62 heavy (non-hydrogen) atoms. The van der Waals surface area contributed by atoms with Crippen molar-refractivity contribution in [1.29, 1.82) is 0 Å². The molecular weight excluding hydrogens is 765 g/mol. The van der Waals surface area contributed by atoms with E-state index in [0.29, 0.717) is 0 Å². The molecule has 0 nitrogen and oxygen atoms in total. The van der Waals surface area contributed by atoms with Crippen molar-refractivity contribution in [2.75, 3.05) is 0 Å². The minimum Gasteiger partial charge on any atom is -0.135 e. The Labute approximate surface area is 368 Å². The average molecular weight is 811 g/mol. The Hall–Kier alpha value is -7.06. The number of rotatable bonds is 5. The second-order valence-electron chi connectivity index (χ2n) is 17.3. The van der Waals surface area contributed by atoms with Crippen LogP contribution in [0.25, 0.3) is 86.2 Å². The highest BCUT2D eigenvalue weighted by atomic mass is 32.1. The molecule has 0 saturated carbocycles. The Morgan fingerprint density at radius 2 is 0.968 bits per heavy atom. The van der Waals surface area contributed by atoms with Gasteiger partial charge in [0.05, 0.1) is 0 Å². The van der Waals surface area contributed by atoms with Crippen LogP contribution < -0.4 is 0 Å². The predicted molar refractivity (Wildman–Crippen MR) is 269 cm³/mol. The van der Waals surface area contributed by atoms with E-state index in [1.165, 1.54) is 114 Å². The fourth-order valence-corrected chi connectivity index (χ4v) is 11.0. The van der Waals surface area contributed by atoms with E-state index in [0.717, 1.165) is 6.42 Å². The fourth-order valence-electron chi connectivity index (χ4n) is 9.87. The number of fused-ring (bicyclic) bond motifs is 9. The van der Waals surface area contributed by atoms with Crippen LogP contribution in [0, 0.1) is 6.92 Å². The highest BCUT2D eigenvalue weighted by Crippen LogP contribution is 2.50. The molecule has 1 heteroatoms. The number of hydrogen-bond donors (Lipinski definition) is 0. The third-order valence-corrected chi connectivity index (χ3v) is 14.2. The minimum absolute atomic E-state index is 0.0933. The molecule has 1 aliphatic rings. The van der Waals surface area contributed by atoms with Gasteiger partial charge in [-0.15, -0.1) is 11.3 Å². The van der Waals surface area contributed by atoms with Gasteiger partial charge < -0.3 is 0 Å². The van der Waals surface area contributed by atoms with Gasteiger partial charge >= 0.3 is 0 Å². The predicted octanol–water partition coefficient (Wildman–Crippen LogP) is 17.3. The lowest BCUT2D eigenvalue weighted by molar-refractivity contribution is 0.659. The maximum Gasteiger partial charge on any atom is 0.0355 e. The first-order valence-corrected chi connectivity index (χ1v) is 22.5. The van der Waals surface area contributed by atoms with E-state index in [1.807, 2.05) is 17.4 Å². The molecule has 10 aromatic carbocycles. The van der Waals surface area contributed by atoms with Crippen molar-refractivity contribution in [2.24, 2.45) is 0 Å². The van der Waals surface area contributed by atoms with Crippen LogP contribution in [-0.2, 0) is 11.8 Å². The van der Waals surface area contributed by atoms with Gasteiger partial charge in [0.15, 0.2) is 0 Å². The van der Waals surface area contributed by atoms with Crippen molar-refractivity contribution in [1.82, 2.24) is 0 Å². The van der Waals surface area contributed by atoms with E-state index in [2.05, 4.69) is 227 Å². The molecule has 0 radical (unpaired) electrons. The lowest BCUT2D eigenvalue weighted by Gasteiger charge is -2.23. The summed E-state index contributed by atoms with van der Waals surface area (Å²) in [7, 11) is 0. The molecule has 12 rings (SSSR count). The standard InChI is InChI=1S/C48H34S.C13H12/c1-48(2)44-26-31(24-30-10-9-12-32(25-30)33-20-23-47-43(27-33)41-16-7-8-17-46(41)49-47)18-21-39(44)40-22-19-35(29-45(40)48)42-28-34-11-3-4-13-36(34)37-14-5-6-15-38(37)42;1-11-7-5-6-10-13(11)12-8-3-2-4-9-12/h3-23,25-29H,24H2,1-2H3;2-10H,1H3. The van der Waals surface area contributed by atoms with E-state index >= 15 is 0 Å². The highest BCUT2D eigenvalue weighted by molar-refractivity contribution is 7.25. The Balaban J connectivity index is 0.000000285. The molecule has 0 spiro atoms. The second kappa shape index (κ2) is 15.4. The van der Waals surface area contributed by atoms with Gasteiger partial charge in [-0.05, 0) is 138 Å². The maximum absolute atomic E-state index is 2.47. The summed E-state index contributed by atoms with van der Waals surface area (Å²) < 4.78 is 2.70. The smallest absolute Gasteiger partial charge is 0.0355 e. The van der Waals surface area contributed by atoms with Crippen LogP contribution in [0.2, 0.25) is 0 Å². The monoisotopic (exact) mass is 810 g/mol. The molecule has 1 aromatic heterocycles. The summed E-state index contributed by atoms with van der Waals surface area (Å²) in [5, 5.41) is 7.91. The summed E-state index contributed by atoms with van der Waals surface area (Å²) in [5.41, 5.74) is 17.2. The summed E-state index contributed by atoms with van der Waals surface area (Å²) >= 11 is 1.88. The lowest BCUT2D eigenvalue weighted by Crippen LogP contribution is -2.15. The van der Waals surface area contributed by atoms with Gasteiger partial charge in [0.2, 0.25) is 0 Å². The summed E-state index contributed by atoms with van der Waals surface area (Å²) in [6.07, 6.45) is 0.908. The van der Waals surface area contributed by atoms with Crippen LogP contribution in [0.4, 0.5) is 0 Å². The normalized spacial score (nSPS) is 12.6. The van der Waals surface area contributed by atoms with Crippen LogP contribution in [0.5, 0.6) is 0 Å². The van der Waals surface area contributed by atoms with E-state index in [-0.39, 0.29) is 5.41 Å². The quantitative estimate of drug-likeness (QED) is 0.152. The molecule has 1 aliphatic carbocycles. The van der Waals surface area contributed by atoms with E-state index in [4.69, 9.17) is 0 Å². The molecule has 0 bridgehead atoms. The first kappa shape index (κ1) is 37.9. The first-order valence-electron chi connectivity index (χ1n) is 21.7. The molecule has 0 amide bonds. The largest absolute Gasteiger partial charge is 0.135 e. The zero-order valence-electron chi connectivity index (χ0n) is 35.3. The molecule has 0 N–H and O–H groups in total. The van der Waals surface area contributed by atoms with Gasteiger partial charge in [-0.3, -0.25) is 0 Å². The zero-order chi connectivity index (χ0) is 41.8. The van der Waals surface area contributed by atoms with E-state index in [1.54, 1.807) is 0 Å². The fraction of sp³-hybridized carbons (Fsp3) is 0.0820. The summed E-state index contributed by atoms with van der Waals surface area (Å²) in [6, 6.07) is 78.0. The molecule has 0 atom stereocenters. The van der Waals surface area contributed by atoms with Gasteiger partial charge in [0, 0.05) is 25.6 Å². The van der Waals surface area contributed by atoms with Crippen molar-refractivity contribution in [2.45, 2.75) is 32.6 Å². The van der Waals surface area contributed by atoms with Gasteiger partial charge in [-0.25, -0.2) is 0 Å². The Bertz CT molecular complexity index is 3470. The molecule has 0 aliphatic heterocycles. The number of aryl methyl sites for hydroxylation is 1. The van der Waals surface area contributed by atoms with Crippen molar-refractivity contribution < 1.29 is 0 Å². The Morgan fingerprint density at radius 1 is 0.355 bits per heavy atom. The van der Waals surface area contributed by atoms with E-state index in [9.17, 15) is 0 Å². The molecule has 0 fully saturated rings. The SMILES string of the molecule is CC1(C)c2cc(Cc3cccc(-c4ccc5sc6ccccc6c5c4)c3)ccc2-c2ccc(-c3cc4ccccc4c4ccccc34)cc21.Cc1ccccc1-c1ccccc1. The number of thiophene rings is 1. The lowest BCUT2D eigenvalue weighted by atomic mass is 9.80. The van der Waals surface area contributed by atoms with Gasteiger partial charge in [-0.2, -0.15) is 0 Å². The van der Waals surface area contributed by atoms with Crippen molar-refractivity contribution in [3.63, 3.8) is 0 Å². The summed E-state index contributed by atoms with van der Waals surface area (Å²) in [6.45, 7) is 6.94. The van der Waals surface area contributed by atoms with Gasteiger partial charge in [0.25, 0.3) is 0 Å². The highest BCUT2D eigenvalue weighted by Gasteiger charge is 2.36. The minimum atomic E-state index is -0.0933. The molecule has 296 valence electrons. The van der Waals surface area contributed by atoms with Crippen LogP contribution in [0.15, 0.2) is 212 Å². The zero-order valence-corrected chi connectivity index (χ0v) is 36.1. The van der Waals surface area contributed by atoms with Crippen molar-refractivity contribution >= 4 is 53.1 Å². The van der Waals surface area contributed by atoms with Gasteiger partial charge in [-0.1, -0.05) is 196 Å². The Kier molecular flexibility index (Phi) is 9.44. The molecule has 1 heterocycles. The first-order chi connectivity index (χ1) is 30.4. The number of benzene rings is 10. The Morgan fingerprint density at radius 3 is 1.81 bits per heavy atom. The van der Waals surface area contributed by atoms with Crippen LogP contribution in [0.3, 0.4) is 0 Å². The van der Waals surface area contributed by atoms with Crippen LogP contribution in [-0.4, -0.2) is 0 Å². The van der Waals surface area contributed by atoms with Crippen LogP contribution in [0.1, 0.15) is 41.7 Å². The topological polar surface area (TPSA) is 0 Å². The van der Waals surface area contributed by atoms with Gasteiger partial charge in [0.1, 0.15) is 0 Å². The third kappa shape index (κ3) is 6.71. The molecule has 11 aromatic rings. The molecular formula is C61H46S. The summed E-state index contributed by atoms with van der Waals surface area (Å²) in [5.74, 6) is 0. The van der Waals surface area contributed by atoms with Crippen molar-refractivity contribution in [3.05, 3.63) is 240 Å². The molecule has 0 saturated heterocycles.